The van der Waals surface area contributed by atoms with E-state index in [0.29, 0.717) is 38.8 Å². The molecule has 0 aromatic heterocycles. The van der Waals surface area contributed by atoms with E-state index in [2.05, 4.69) is 21.3 Å². The molecule has 9 nitrogen and oxygen atoms in total. The standard InChI is InChI=1S/C26H39N5O4/c1-4-20(27-3)24(33)30-23-18(16-28-22(32)5-2)11-12-19-13-14-21(31(19)26(23)35)25(34)29-15-17-9-7-6-8-10-17/h6-10,18-21,23,27H,4-5,11-16H2,1-3H3,(H,28,32)(H,29,34)(H,30,33). The van der Waals surface area contributed by atoms with Crippen molar-refractivity contribution < 1.29 is 19.2 Å². The Hall–Kier alpha value is -2.94. The molecule has 2 heterocycles. The minimum Gasteiger partial charge on any atom is -0.356 e. The molecule has 2 fully saturated rings. The minimum absolute atomic E-state index is 0.0486. The topological polar surface area (TPSA) is 120 Å². The molecule has 0 saturated carbocycles. The lowest BCUT2D eigenvalue weighted by Gasteiger charge is -2.32. The second kappa shape index (κ2) is 12.7. The summed E-state index contributed by atoms with van der Waals surface area (Å²) in [5, 5.41) is 11.8. The first-order valence-corrected chi connectivity index (χ1v) is 12.8. The Morgan fingerprint density at radius 2 is 1.74 bits per heavy atom. The highest BCUT2D eigenvalue weighted by molar-refractivity contribution is 5.94. The van der Waals surface area contributed by atoms with Gasteiger partial charge in [-0.2, -0.15) is 0 Å². The molecular formula is C26H39N5O4. The third-order valence-corrected chi connectivity index (χ3v) is 7.23. The second-order valence-corrected chi connectivity index (χ2v) is 9.43. The van der Waals surface area contributed by atoms with Gasteiger partial charge in [0.25, 0.3) is 0 Å². The van der Waals surface area contributed by atoms with E-state index < -0.39 is 18.1 Å². The molecule has 2 aliphatic heterocycles. The van der Waals surface area contributed by atoms with Crippen LogP contribution in [0.4, 0.5) is 0 Å². The van der Waals surface area contributed by atoms with E-state index >= 15 is 0 Å². The monoisotopic (exact) mass is 485 g/mol. The van der Waals surface area contributed by atoms with Gasteiger partial charge >= 0.3 is 0 Å². The number of amides is 4. The van der Waals surface area contributed by atoms with Crippen LogP contribution in [-0.4, -0.2) is 66.3 Å². The molecule has 4 amide bonds. The average Bonchev–Trinajstić information content (AvgIpc) is 3.26. The molecule has 5 atom stereocenters. The first kappa shape index (κ1) is 26.7. The van der Waals surface area contributed by atoms with Crippen LogP contribution in [-0.2, 0) is 25.7 Å². The van der Waals surface area contributed by atoms with E-state index in [-0.39, 0.29) is 35.6 Å². The fraction of sp³-hybridized carbons (Fsp3) is 0.615. The summed E-state index contributed by atoms with van der Waals surface area (Å²) in [5.41, 5.74) is 0.993. The predicted octanol–water partition coefficient (Wildman–Crippen LogP) is 1.08. The van der Waals surface area contributed by atoms with Crippen molar-refractivity contribution in [2.75, 3.05) is 13.6 Å². The van der Waals surface area contributed by atoms with Gasteiger partial charge in [-0.3, -0.25) is 19.2 Å². The van der Waals surface area contributed by atoms with Crippen molar-refractivity contribution in [2.24, 2.45) is 5.92 Å². The van der Waals surface area contributed by atoms with E-state index in [9.17, 15) is 19.2 Å². The third kappa shape index (κ3) is 6.60. The smallest absolute Gasteiger partial charge is 0.246 e. The van der Waals surface area contributed by atoms with Crippen LogP contribution in [0, 0.1) is 5.92 Å². The van der Waals surface area contributed by atoms with Crippen molar-refractivity contribution in [1.82, 2.24) is 26.2 Å². The van der Waals surface area contributed by atoms with Crippen LogP contribution < -0.4 is 21.3 Å². The predicted molar refractivity (Wildman–Crippen MR) is 133 cm³/mol. The van der Waals surface area contributed by atoms with Crippen LogP contribution in [0.1, 0.15) is 57.9 Å². The van der Waals surface area contributed by atoms with Gasteiger partial charge in [0.05, 0.1) is 6.04 Å². The fourth-order valence-electron chi connectivity index (χ4n) is 5.14. The Morgan fingerprint density at radius 3 is 2.40 bits per heavy atom. The number of nitrogens with zero attached hydrogens (tertiary/aromatic N) is 1. The van der Waals surface area contributed by atoms with Gasteiger partial charge in [0.15, 0.2) is 0 Å². The normalized spacial score (nSPS) is 24.8. The molecule has 1 aromatic rings. The van der Waals surface area contributed by atoms with Gasteiger partial charge in [-0.1, -0.05) is 44.2 Å². The SMILES string of the molecule is CCC(=O)NCC1CCC2CCC(C(=O)NCc3ccccc3)N2C(=O)C1NC(=O)C(CC)NC. The summed E-state index contributed by atoms with van der Waals surface area (Å²) in [6, 6.07) is 7.83. The molecule has 2 saturated heterocycles. The average molecular weight is 486 g/mol. The van der Waals surface area contributed by atoms with Gasteiger partial charge in [0.1, 0.15) is 12.1 Å². The first-order valence-electron chi connectivity index (χ1n) is 12.8. The van der Waals surface area contributed by atoms with Gasteiger partial charge < -0.3 is 26.2 Å². The van der Waals surface area contributed by atoms with Gasteiger partial charge in [0.2, 0.25) is 23.6 Å². The molecule has 35 heavy (non-hydrogen) atoms. The first-order chi connectivity index (χ1) is 16.9. The maximum atomic E-state index is 13.9. The number of nitrogens with one attached hydrogen (secondary N) is 4. The van der Waals surface area contributed by atoms with Crippen LogP contribution >= 0.6 is 0 Å². The van der Waals surface area contributed by atoms with Gasteiger partial charge in [-0.15, -0.1) is 0 Å². The second-order valence-electron chi connectivity index (χ2n) is 9.43. The lowest BCUT2D eigenvalue weighted by molar-refractivity contribution is -0.143. The van der Waals surface area contributed by atoms with Crippen LogP contribution in [0.15, 0.2) is 30.3 Å². The maximum Gasteiger partial charge on any atom is 0.246 e. The summed E-state index contributed by atoms with van der Waals surface area (Å²) in [4.78, 5) is 53.6. The number of hydrogen-bond acceptors (Lipinski definition) is 5. The van der Waals surface area contributed by atoms with Crippen molar-refractivity contribution in [3.8, 4) is 0 Å². The number of likely N-dealkylation sites (N-methyl/N-ethyl adjacent to an activating group) is 1. The Labute approximate surface area is 207 Å². The fourth-order valence-corrected chi connectivity index (χ4v) is 5.14. The van der Waals surface area contributed by atoms with E-state index in [1.807, 2.05) is 37.3 Å². The molecule has 4 N–H and O–H groups in total. The number of fused-ring (bicyclic) bond motifs is 1. The molecule has 0 spiro atoms. The van der Waals surface area contributed by atoms with Crippen molar-refractivity contribution >= 4 is 23.6 Å². The molecule has 3 rings (SSSR count). The Morgan fingerprint density at radius 1 is 1.03 bits per heavy atom. The zero-order chi connectivity index (χ0) is 25.4. The molecular weight excluding hydrogens is 446 g/mol. The van der Waals surface area contributed by atoms with Gasteiger partial charge in [0, 0.05) is 31.5 Å². The molecule has 192 valence electrons. The third-order valence-electron chi connectivity index (χ3n) is 7.23. The summed E-state index contributed by atoms with van der Waals surface area (Å²) < 4.78 is 0. The number of carbonyl (C=O) groups is 4. The van der Waals surface area contributed by atoms with Crippen molar-refractivity contribution in [3.05, 3.63) is 35.9 Å². The highest BCUT2D eigenvalue weighted by atomic mass is 16.2. The summed E-state index contributed by atoms with van der Waals surface area (Å²) in [6.07, 6.45) is 3.69. The molecule has 5 unspecified atom stereocenters. The Balaban J connectivity index is 1.78. The molecule has 0 aliphatic carbocycles. The number of rotatable bonds is 10. The van der Waals surface area contributed by atoms with Crippen LogP contribution in [0.5, 0.6) is 0 Å². The van der Waals surface area contributed by atoms with Crippen molar-refractivity contribution in [1.29, 1.82) is 0 Å². The molecule has 0 bridgehead atoms. The largest absolute Gasteiger partial charge is 0.356 e. The number of carbonyl (C=O) groups excluding carboxylic acids is 4. The van der Waals surface area contributed by atoms with Gasteiger partial charge in [-0.05, 0) is 44.7 Å². The summed E-state index contributed by atoms with van der Waals surface area (Å²) in [5.74, 6) is -0.987. The lowest BCUT2D eigenvalue weighted by Crippen LogP contribution is -2.59. The van der Waals surface area contributed by atoms with Crippen molar-refractivity contribution in [2.45, 2.75) is 83.1 Å². The highest BCUT2D eigenvalue weighted by Gasteiger charge is 2.47. The summed E-state index contributed by atoms with van der Waals surface area (Å²) in [6.45, 7) is 4.39. The van der Waals surface area contributed by atoms with Crippen LogP contribution in [0.3, 0.4) is 0 Å². The maximum absolute atomic E-state index is 13.9. The van der Waals surface area contributed by atoms with E-state index in [4.69, 9.17) is 0 Å². The number of benzene rings is 1. The summed E-state index contributed by atoms with van der Waals surface area (Å²) >= 11 is 0. The highest BCUT2D eigenvalue weighted by Crippen LogP contribution is 2.34. The van der Waals surface area contributed by atoms with Crippen molar-refractivity contribution in [3.63, 3.8) is 0 Å². The lowest BCUT2D eigenvalue weighted by atomic mass is 9.92. The Kier molecular flexibility index (Phi) is 9.65. The van der Waals surface area contributed by atoms with Crippen LogP contribution in [0.25, 0.3) is 0 Å². The Bertz CT molecular complexity index is 889. The summed E-state index contributed by atoms with van der Waals surface area (Å²) in [7, 11) is 1.71. The molecule has 1 aromatic carbocycles. The van der Waals surface area contributed by atoms with E-state index in [1.54, 1.807) is 18.9 Å². The minimum atomic E-state index is -0.797. The molecule has 2 aliphatic rings. The molecule has 0 radical (unpaired) electrons. The van der Waals surface area contributed by atoms with Crippen LogP contribution in [0.2, 0.25) is 0 Å². The number of hydrogen-bond donors (Lipinski definition) is 4. The van der Waals surface area contributed by atoms with E-state index in [0.717, 1.165) is 18.4 Å². The zero-order valence-corrected chi connectivity index (χ0v) is 21.0. The van der Waals surface area contributed by atoms with Gasteiger partial charge in [-0.25, -0.2) is 0 Å². The zero-order valence-electron chi connectivity index (χ0n) is 21.0. The molecule has 9 heteroatoms. The quantitative estimate of drug-likeness (QED) is 0.395. The van der Waals surface area contributed by atoms with E-state index in [1.165, 1.54) is 0 Å².